The van der Waals surface area contributed by atoms with Gasteiger partial charge in [-0.1, -0.05) is 0 Å². The van der Waals surface area contributed by atoms with E-state index in [-0.39, 0.29) is 11.9 Å². The summed E-state index contributed by atoms with van der Waals surface area (Å²) >= 11 is 0. The van der Waals surface area contributed by atoms with Crippen LogP contribution in [0.1, 0.15) is 6.92 Å². The van der Waals surface area contributed by atoms with E-state index < -0.39 is 0 Å². The molecule has 1 atom stereocenters. The van der Waals surface area contributed by atoms with Crippen LogP contribution >= 0.6 is 0 Å². The van der Waals surface area contributed by atoms with Gasteiger partial charge in [0.05, 0.1) is 19.3 Å². The first-order valence-electron chi connectivity index (χ1n) is 6.28. The lowest BCUT2D eigenvalue weighted by Crippen LogP contribution is -2.42. The predicted octanol–water partition coefficient (Wildman–Crippen LogP) is 1.62. The Hall–Kier alpha value is -1.33. The Balaban J connectivity index is 1.87. The number of halogens is 1. The lowest BCUT2D eigenvalue weighted by Gasteiger charge is -2.24. The highest BCUT2D eigenvalue weighted by Crippen LogP contribution is 2.21. The van der Waals surface area contributed by atoms with E-state index in [9.17, 15) is 4.39 Å². The molecule has 0 aromatic heterocycles. The van der Waals surface area contributed by atoms with Crippen LogP contribution in [0.4, 0.5) is 10.1 Å². The van der Waals surface area contributed by atoms with E-state index in [1.807, 2.05) is 13.0 Å². The summed E-state index contributed by atoms with van der Waals surface area (Å²) in [6.45, 7) is 5.41. The van der Waals surface area contributed by atoms with Gasteiger partial charge in [-0.25, -0.2) is 4.39 Å². The van der Waals surface area contributed by atoms with Crippen molar-refractivity contribution in [1.29, 1.82) is 0 Å². The maximum absolute atomic E-state index is 13.6. The zero-order valence-corrected chi connectivity index (χ0v) is 10.5. The molecule has 1 aliphatic heterocycles. The largest absolute Gasteiger partial charge is 0.491 e. The van der Waals surface area contributed by atoms with Crippen LogP contribution < -0.4 is 15.4 Å². The highest BCUT2D eigenvalue weighted by Gasteiger charge is 2.13. The minimum atomic E-state index is -0.343. The Morgan fingerprint density at radius 1 is 1.56 bits per heavy atom. The van der Waals surface area contributed by atoms with Crippen molar-refractivity contribution < 1.29 is 13.9 Å². The van der Waals surface area contributed by atoms with E-state index in [0.29, 0.717) is 18.9 Å². The molecule has 0 aliphatic carbocycles. The molecule has 0 bridgehead atoms. The summed E-state index contributed by atoms with van der Waals surface area (Å²) in [5.74, 6) is -0.0526. The molecular formula is C13H19FN2O2. The van der Waals surface area contributed by atoms with Crippen LogP contribution in [0.2, 0.25) is 0 Å². The Labute approximate surface area is 106 Å². The average molecular weight is 254 g/mol. The van der Waals surface area contributed by atoms with Gasteiger partial charge in [-0.3, -0.25) is 0 Å². The fourth-order valence-corrected chi connectivity index (χ4v) is 1.87. The third kappa shape index (κ3) is 3.58. The summed E-state index contributed by atoms with van der Waals surface area (Å²) < 4.78 is 24.3. The summed E-state index contributed by atoms with van der Waals surface area (Å²) in [5, 5.41) is 6.41. The Kier molecular flexibility index (Phi) is 4.78. The van der Waals surface area contributed by atoms with Crippen LogP contribution in [0.15, 0.2) is 18.2 Å². The molecule has 1 heterocycles. The van der Waals surface area contributed by atoms with Gasteiger partial charge in [-0.05, 0) is 19.1 Å². The molecule has 0 spiro atoms. The molecular weight excluding hydrogens is 235 g/mol. The fourth-order valence-electron chi connectivity index (χ4n) is 1.87. The molecule has 4 nitrogen and oxygen atoms in total. The number of rotatable bonds is 5. The summed E-state index contributed by atoms with van der Waals surface area (Å²) in [7, 11) is 0. The molecule has 2 N–H and O–H groups in total. The second kappa shape index (κ2) is 6.56. The zero-order chi connectivity index (χ0) is 12.8. The number of anilines is 1. The lowest BCUT2D eigenvalue weighted by atomic mass is 10.2. The van der Waals surface area contributed by atoms with Gasteiger partial charge >= 0.3 is 0 Å². The maximum atomic E-state index is 13.6. The number of ether oxygens (including phenoxy) is 2. The van der Waals surface area contributed by atoms with Crippen LogP contribution in [-0.2, 0) is 4.74 Å². The smallest absolute Gasteiger partial charge is 0.167 e. The van der Waals surface area contributed by atoms with Crippen molar-refractivity contribution >= 4 is 5.69 Å². The van der Waals surface area contributed by atoms with Crippen LogP contribution in [0, 0.1) is 5.82 Å². The highest BCUT2D eigenvalue weighted by molar-refractivity contribution is 5.47. The van der Waals surface area contributed by atoms with E-state index >= 15 is 0 Å². The molecule has 100 valence electrons. The van der Waals surface area contributed by atoms with Gasteiger partial charge in [-0.2, -0.15) is 0 Å². The standard InChI is InChI=1S/C13H19FN2O2/c1-2-17-13-4-3-10(7-12(13)14)16-9-11-8-15-5-6-18-11/h3-4,7,11,15-16H,2,5-6,8-9H2,1H3. The number of benzene rings is 1. The van der Waals surface area contributed by atoms with Crippen molar-refractivity contribution in [3.05, 3.63) is 24.0 Å². The molecule has 1 aromatic rings. The van der Waals surface area contributed by atoms with Crippen molar-refractivity contribution in [3.63, 3.8) is 0 Å². The van der Waals surface area contributed by atoms with E-state index in [1.165, 1.54) is 6.07 Å². The number of morpholine rings is 1. The van der Waals surface area contributed by atoms with Gasteiger partial charge in [0.1, 0.15) is 0 Å². The van der Waals surface area contributed by atoms with Crippen LogP contribution in [0.3, 0.4) is 0 Å². The minimum absolute atomic E-state index is 0.133. The van der Waals surface area contributed by atoms with E-state index in [2.05, 4.69) is 10.6 Å². The second-order valence-electron chi connectivity index (χ2n) is 4.16. The van der Waals surface area contributed by atoms with E-state index in [4.69, 9.17) is 9.47 Å². The molecule has 0 amide bonds. The van der Waals surface area contributed by atoms with Crippen molar-refractivity contribution in [2.75, 3.05) is 38.2 Å². The quantitative estimate of drug-likeness (QED) is 0.838. The highest BCUT2D eigenvalue weighted by atomic mass is 19.1. The first-order chi connectivity index (χ1) is 8.79. The summed E-state index contributed by atoms with van der Waals surface area (Å²) in [6.07, 6.45) is 0.133. The van der Waals surface area contributed by atoms with Gasteiger partial charge in [0.25, 0.3) is 0 Å². The van der Waals surface area contributed by atoms with Gasteiger partial charge < -0.3 is 20.1 Å². The zero-order valence-electron chi connectivity index (χ0n) is 10.5. The number of hydrogen-bond acceptors (Lipinski definition) is 4. The fraction of sp³-hybridized carbons (Fsp3) is 0.538. The van der Waals surface area contributed by atoms with Crippen molar-refractivity contribution in [2.24, 2.45) is 0 Å². The molecule has 0 radical (unpaired) electrons. The Bertz CT molecular complexity index is 381. The number of hydrogen-bond donors (Lipinski definition) is 2. The molecule has 1 unspecified atom stereocenters. The van der Waals surface area contributed by atoms with Crippen molar-refractivity contribution in [2.45, 2.75) is 13.0 Å². The normalized spacial score (nSPS) is 19.6. The van der Waals surface area contributed by atoms with Crippen molar-refractivity contribution in [3.8, 4) is 5.75 Å². The molecule has 1 saturated heterocycles. The first-order valence-corrected chi connectivity index (χ1v) is 6.28. The summed E-state index contributed by atoms with van der Waals surface area (Å²) in [6, 6.07) is 4.90. The van der Waals surface area contributed by atoms with Gasteiger partial charge in [0.15, 0.2) is 11.6 Å². The summed E-state index contributed by atoms with van der Waals surface area (Å²) in [4.78, 5) is 0. The Morgan fingerprint density at radius 3 is 3.11 bits per heavy atom. The van der Waals surface area contributed by atoms with Gasteiger partial charge in [0, 0.05) is 31.4 Å². The Morgan fingerprint density at radius 2 is 2.44 bits per heavy atom. The predicted molar refractivity (Wildman–Crippen MR) is 68.7 cm³/mol. The SMILES string of the molecule is CCOc1ccc(NCC2CNCCO2)cc1F. The van der Waals surface area contributed by atoms with Crippen molar-refractivity contribution in [1.82, 2.24) is 5.32 Å². The van der Waals surface area contributed by atoms with Crippen LogP contribution in [-0.4, -0.2) is 39.0 Å². The van der Waals surface area contributed by atoms with Gasteiger partial charge in [-0.15, -0.1) is 0 Å². The second-order valence-corrected chi connectivity index (χ2v) is 4.16. The molecule has 1 aliphatic rings. The lowest BCUT2D eigenvalue weighted by molar-refractivity contribution is 0.0372. The van der Waals surface area contributed by atoms with E-state index in [1.54, 1.807) is 6.07 Å². The van der Waals surface area contributed by atoms with E-state index in [0.717, 1.165) is 25.4 Å². The third-order valence-corrected chi connectivity index (χ3v) is 2.77. The van der Waals surface area contributed by atoms with Gasteiger partial charge in [0.2, 0.25) is 0 Å². The molecule has 18 heavy (non-hydrogen) atoms. The molecule has 0 saturated carbocycles. The molecule has 5 heteroatoms. The van der Waals surface area contributed by atoms with Crippen LogP contribution in [0.5, 0.6) is 5.75 Å². The first kappa shape index (κ1) is 13.1. The molecule has 1 aromatic carbocycles. The molecule has 2 rings (SSSR count). The van der Waals surface area contributed by atoms with Crippen LogP contribution in [0.25, 0.3) is 0 Å². The number of nitrogens with one attached hydrogen (secondary N) is 2. The topological polar surface area (TPSA) is 42.5 Å². The average Bonchev–Trinajstić information content (AvgIpc) is 2.41. The summed E-state index contributed by atoms with van der Waals surface area (Å²) in [5.41, 5.74) is 0.741. The molecule has 1 fully saturated rings. The maximum Gasteiger partial charge on any atom is 0.167 e. The minimum Gasteiger partial charge on any atom is -0.491 e. The third-order valence-electron chi connectivity index (χ3n) is 2.77. The monoisotopic (exact) mass is 254 g/mol.